The number of hydrogen-bond donors (Lipinski definition) is 1. The molecule has 0 aliphatic rings. The van der Waals surface area contributed by atoms with Crippen LogP contribution in [0.5, 0.6) is 5.75 Å². The third-order valence-corrected chi connectivity index (χ3v) is 3.25. The monoisotopic (exact) mass is 269 g/mol. The minimum absolute atomic E-state index is 0.419. The van der Waals surface area contributed by atoms with Gasteiger partial charge in [0, 0.05) is 5.02 Å². The predicted molar refractivity (Wildman–Crippen MR) is 78.9 cm³/mol. The molecule has 0 saturated heterocycles. The van der Waals surface area contributed by atoms with E-state index < -0.39 is 0 Å². The van der Waals surface area contributed by atoms with Crippen LogP contribution in [0.1, 0.15) is 44.2 Å². The zero-order valence-electron chi connectivity index (χ0n) is 11.8. The summed E-state index contributed by atoms with van der Waals surface area (Å²) in [6.45, 7) is 11.2. The lowest BCUT2D eigenvalue weighted by Crippen LogP contribution is -2.16. The van der Waals surface area contributed by atoms with E-state index in [-0.39, 0.29) is 0 Å². The first-order valence-electron chi connectivity index (χ1n) is 6.69. The fraction of sp³-hybridized carbons (Fsp3) is 0.600. The van der Waals surface area contributed by atoms with Gasteiger partial charge in [-0.15, -0.1) is 0 Å². The summed E-state index contributed by atoms with van der Waals surface area (Å²) in [6, 6.07) is 4.08. The van der Waals surface area contributed by atoms with Crippen molar-refractivity contribution in [2.75, 3.05) is 19.7 Å². The maximum absolute atomic E-state index is 6.23. The summed E-state index contributed by atoms with van der Waals surface area (Å²) in [5.41, 5.74) is 2.26. The summed E-state index contributed by atoms with van der Waals surface area (Å²) in [5.74, 6) is 1.38. The summed E-state index contributed by atoms with van der Waals surface area (Å²) in [6.07, 6.45) is 1.02. The Labute approximate surface area is 116 Å². The summed E-state index contributed by atoms with van der Waals surface area (Å²) in [4.78, 5) is 0. The molecule has 0 bridgehead atoms. The molecule has 3 heteroatoms. The van der Waals surface area contributed by atoms with Gasteiger partial charge in [-0.25, -0.2) is 0 Å². The van der Waals surface area contributed by atoms with Gasteiger partial charge in [-0.1, -0.05) is 32.4 Å². The second-order valence-electron chi connectivity index (χ2n) is 4.85. The molecule has 0 spiro atoms. The van der Waals surface area contributed by atoms with Crippen molar-refractivity contribution >= 4 is 11.6 Å². The lowest BCUT2D eigenvalue weighted by atomic mass is 10.0. The van der Waals surface area contributed by atoms with Gasteiger partial charge < -0.3 is 10.1 Å². The van der Waals surface area contributed by atoms with Gasteiger partial charge in [-0.05, 0) is 55.6 Å². The van der Waals surface area contributed by atoms with Gasteiger partial charge in [0.1, 0.15) is 5.75 Å². The van der Waals surface area contributed by atoms with Crippen LogP contribution in [0.15, 0.2) is 12.1 Å². The van der Waals surface area contributed by atoms with Crippen LogP contribution in [-0.4, -0.2) is 19.7 Å². The van der Waals surface area contributed by atoms with Gasteiger partial charge in [-0.3, -0.25) is 0 Å². The second kappa shape index (κ2) is 7.65. The smallest absolute Gasteiger partial charge is 0.122 e. The Kier molecular flexibility index (Phi) is 6.51. The van der Waals surface area contributed by atoms with Crippen molar-refractivity contribution in [2.24, 2.45) is 0 Å². The first-order valence-corrected chi connectivity index (χ1v) is 7.07. The minimum Gasteiger partial charge on any atom is -0.493 e. The van der Waals surface area contributed by atoms with E-state index in [0.29, 0.717) is 5.92 Å². The molecule has 0 heterocycles. The van der Waals surface area contributed by atoms with E-state index >= 15 is 0 Å². The summed E-state index contributed by atoms with van der Waals surface area (Å²) in [5, 5.41) is 4.12. The first kappa shape index (κ1) is 15.3. The molecule has 0 aliphatic carbocycles. The Morgan fingerprint density at radius 1 is 1.33 bits per heavy atom. The molecule has 0 aliphatic heterocycles. The Morgan fingerprint density at radius 3 is 2.67 bits per heavy atom. The highest BCUT2D eigenvalue weighted by molar-refractivity contribution is 6.31. The fourth-order valence-electron chi connectivity index (χ4n) is 1.82. The molecule has 0 aromatic heterocycles. The van der Waals surface area contributed by atoms with Crippen LogP contribution in [0.3, 0.4) is 0 Å². The molecule has 0 unspecified atom stereocenters. The van der Waals surface area contributed by atoms with E-state index in [0.717, 1.165) is 48.0 Å². The largest absolute Gasteiger partial charge is 0.493 e. The molecular weight excluding hydrogens is 246 g/mol. The van der Waals surface area contributed by atoms with E-state index in [1.54, 1.807) is 0 Å². The molecule has 0 saturated carbocycles. The maximum atomic E-state index is 6.23. The van der Waals surface area contributed by atoms with Crippen LogP contribution in [0.25, 0.3) is 0 Å². The Balaban J connectivity index is 2.62. The quantitative estimate of drug-likeness (QED) is 0.751. The highest BCUT2D eigenvalue weighted by Gasteiger charge is 2.09. The third kappa shape index (κ3) is 4.51. The van der Waals surface area contributed by atoms with E-state index in [2.05, 4.69) is 32.2 Å². The van der Waals surface area contributed by atoms with Crippen molar-refractivity contribution in [1.29, 1.82) is 0 Å². The van der Waals surface area contributed by atoms with Gasteiger partial charge in [-0.2, -0.15) is 0 Å². The topological polar surface area (TPSA) is 21.3 Å². The molecule has 2 nitrogen and oxygen atoms in total. The average molecular weight is 270 g/mol. The van der Waals surface area contributed by atoms with Crippen LogP contribution in [0.2, 0.25) is 5.02 Å². The zero-order chi connectivity index (χ0) is 13.5. The molecule has 18 heavy (non-hydrogen) atoms. The van der Waals surface area contributed by atoms with E-state index in [4.69, 9.17) is 16.3 Å². The van der Waals surface area contributed by atoms with Gasteiger partial charge in [0.15, 0.2) is 0 Å². The molecule has 1 aromatic carbocycles. The predicted octanol–water partition coefficient (Wildman–Crippen LogP) is 4.15. The number of ether oxygens (including phenoxy) is 1. The summed E-state index contributed by atoms with van der Waals surface area (Å²) < 4.78 is 5.83. The summed E-state index contributed by atoms with van der Waals surface area (Å²) >= 11 is 6.23. The Hall–Kier alpha value is -0.730. The van der Waals surface area contributed by atoms with Gasteiger partial charge in [0.2, 0.25) is 0 Å². The molecule has 1 aromatic rings. The molecule has 1 N–H and O–H groups in total. The second-order valence-corrected chi connectivity index (χ2v) is 5.26. The Morgan fingerprint density at radius 2 is 2.06 bits per heavy atom. The number of nitrogens with one attached hydrogen (secondary N) is 1. The number of hydrogen-bond acceptors (Lipinski definition) is 2. The highest BCUT2D eigenvalue weighted by Crippen LogP contribution is 2.31. The maximum Gasteiger partial charge on any atom is 0.122 e. The number of rotatable bonds is 7. The van der Waals surface area contributed by atoms with Crippen LogP contribution in [-0.2, 0) is 0 Å². The van der Waals surface area contributed by atoms with Crippen molar-refractivity contribution in [3.05, 3.63) is 28.3 Å². The molecular formula is C15H24ClNO. The van der Waals surface area contributed by atoms with Crippen LogP contribution >= 0.6 is 11.6 Å². The Bertz CT molecular complexity index is 377. The van der Waals surface area contributed by atoms with E-state index in [1.807, 2.05) is 13.0 Å². The minimum atomic E-state index is 0.419. The van der Waals surface area contributed by atoms with Crippen LogP contribution < -0.4 is 10.1 Å². The van der Waals surface area contributed by atoms with E-state index in [9.17, 15) is 0 Å². The molecule has 0 radical (unpaired) electrons. The molecule has 1 rings (SSSR count). The fourth-order valence-corrected chi connectivity index (χ4v) is 2.26. The molecule has 0 fully saturated rings. The van der Waals surface area contributed by atoms with Crippen molar-refractivity contribution in [3.63, 3.8) is 0 Å². The lowest BCUT2D eigenvalue weighted by molar-refractivity contribution is 0.306. The van der Waals surface area contributed by atoms with Crippen molar-refractivity contribution in [3.8, 4) is 5.75 Å². The normalized spacial score (nSPS) is 11.0. The van der Waals surface area contributed by atoms with Gasteiger partial charge in [0.25, 0.3) is 0 Å². The first-order chi connectivity index (χ1) is 8.56. The van der Waals surface area contributed by atoms with Crippen molar-refractivity contribution < 1.29 is 4.74 Å². The van der Waals surface area contributed by atoms with Gasteiger partial charge in [0.05, 0.1) is 6.61 Å². The number of halogens is 1. The molecule has 102 valence electrons. The third-order valence-electron chi connectivity index (χ3n) is 2.92. The van der Waals surface area contributed by atoms with Crippen LogP contribution in [0.4, 0.5) is 0 Å². The number of aryl methyl sites for hydroxylation is 1. The van der Waals surface area contributed by atoms with E-state index in [1.165, 1.54) is 0 Å². The van der Waals surface area contributed by atoms with Crippen molar-refractivity contribution in [2.45, 2.75) is 40.0 Å². The molecule has 0 amide bonds. The van der Waals surface area contributed by atoms with Crippen LogP contribution in [0, 0.1) is 6.92 Å². The average Bonchev–Trinajstić information content (AvgIpc) is 2.30. The number of benzene rings is 1. The highest BCUT2D eigenvalue weighted by atomic mass is 35.5. The summed E-state index contributed by atoms with van der Waals surface area (Å²) in [7, 11) is 0. The van der Waals surface area contributed by atoms with Gasteiger partial charge >= 0.3 is 0 Å². The molecule has 0 atom stereocenters. The lowest BCUT2D eigenvalue weighted by Gasteiger charge is -2.14. The zero-order valence-corrected chi connectivity index (χ0v) is 12.6. The van der Waals surface area contributed by atoms with Crippen molar-refractivity contribution in [1.82, 2.24) is 5.32 Å². The SMILES string of the molecule is CCNCCCOc1cc(C(C)C)c(Cl)cc1C. The standard InChI is InChI=1S/C15H24ClNO/c1-5-17-7-6-8-18-15-10-13(11(2)3)14(16)9-12(15)4/h9-11,17H,5-8H2,1-4H3.